The summed E-state index contributed by atoms with van der Waals surface area (Å²) in [5.74, 6) is -1.96. The Morgan fingerprint density at radius 1 is 1.10 bits per heavy atom. The zero-order valence-electron chi connectivity index (χ0n) is 11.7. The lowest BCUT2D eigenvalue weighted by Crippen LogP contribution is -2.53. The van der Waals surface area contributed by atoms with E-state index in [0.717, 1.165) is 34.9 Å². The number of barbiturate groups is 1. The Morgan fingerprint density at radius 2 is 1.65 bits per heavy atom. The van der Waals surface area contributed by atoms with E-state index in [4.69, 9.17) is 0 Å². The van der Waals surface area contributed by atoms with Crippen LogP contribution >= 0.6 is 0 Å². The fraction of sp³-hybridized carbons (Fsp3) is 0.462. The Labute approximate surface area is 116 Å². The molecule has 7 heteroatoms. The van der Waals surface area contributed by atoms with Crippen LogP contribution in [0.5, 0.6) is 0 Å². The maximum absolute atomic E-state index is 12.0. The van der Waals surface area contributed by atoms with Crippen molar-refractivity contribution in [2.75, 3.05) is 27.7 Å². The highest BCUT2D eigenvalue weighted by atomic mass is 16.3. The lowest BCUT2D eigenvalue weighted by molar-refractivity contribution is -0.134. The molecule has 0 saturated carbocycles. The summed E-state index contributed by atoms with van der Waals surface area (Å²) in [4.78, 5) is 39.1. The highest BCUT2D eigenvalue weighted by Crippen LogP contribution is 2.23. The maximum Gasteiger partial charge on any atom is 0.333 e. The second-order valence-electron chi connectivity index (χ2n) is 4.93. The van der Waals surface area contributed by atoms with E-state index in [1.165, 1.54) is 20.2 Å². The number of aliphatic hydroxyl groups excluding tert-OH is 1. The average molecular weight is 279 g/mol. The van der Waals surface area contributed by atoms with Crippen molar-refractivity contribution in [1.29, 1.82) is 0 Å². The molecule has 2 heterocycles. The predicted octanol–water partition coefficient (Wildman–Crippen LogP) is 0.458. The average Bonchev–Trinajstić information content (AvgIpc) is 2.80. The molecule has 2 aliphatic heterocycles. The number of rotatable bonds is 1. The van der Waals surface area contributed by atoms with Gasteiger partial charge in [-0.1, -0.05) is 0 Å². The minimum absolute atomic E-state index is 0.373. The van der Waals surface area contributed by atoms with Gasteiger partial charge in [0.2, 0.25) is 0 Å². The Balaban J connectivity index is 2.42. The summed E-state index contributed by atoms with van der Waals surface area (Å²) in [5.41, 5.74) is 0.486. The standard InChI is InChI=1S/C13H17N3O4/c1-14-6-4-5-8(14)7-9(17)10-11(18)15(2)13(20)16(3)12(10)19/h7,17H,4-6H2,1-3H3/b8-7+. The third-order valence-electron chi connectivity index (χ3n) is 3.59. The van der Waals surface area contributed by atoms with Gasteiger partial charge in [-0.3, -0.25) is 19.4 Å². The zero-order chi connectivity index (χ0) is 15.0. The molecule has 2 rings (SSSR count). The van der Waals surface area contributed by atoms with Crippen molar-refractivity contribution in [3.63, 3.8) is 0 Å². The number of urea groups is 1. The molecular weight excluding hydrogens is 262 g/mol. The van der Waals surface area contributed by atoms with Gasteiger partial charge >= 0.3 is 6.03 Å². The number of amides is 4. The molecule has 0 bridgehead atoms. The van der Waals surface area contributed by atoms with E-state index in [1.54, 1.807) is 0 Å². The number of imide groups is 2. The van der Waals surface area contributed by atoms with Crippen molar-refractivity contribution in [3.8, 4) is 0 Å². The van der Waals surface area contributed by atoms with Crippen LogP contribution < -0.4 is 0 Å². The Bertz CT molecular complexity index is 524. The van der Waals surface area contributed by atoms with Gasteiger partial charge in [0.05, 0.1) is 0 Å². The van der Waals surface area contributed by atoms with Crippen LogP contribution in [-0.4, -0.2) is 65.3 Å². The predicted molar refractivity (Wildman–Crippen MR) is 70.5 cm³/mol. The molecule has 0 atom stereocenters. The highest BCUT2D eigenvalue weighted by Gasteiger charge is 2.40. The van der Waals surface area contributed by atoms with E-state index in [1.807, 2.05) is 11.9 Å². The third-order valence-corrected chi connectivity index (χ3v) is 3.59. The summed E-state index contributed by atoms with van der Waals surface area (Å²) >= 11 is 0. The monoisotopic (exact) mass is 279 g/mol. The van der Waals surface area contributed by atoms with Gasteiger partial charge in [-0.25, -0.2) is 4.79 Å². The molecule has 20 heavy (non-hydrogen) atoms. The first-order valence-electron chi connectivity index (χ1n) is 6.29. The molecule has 4 amide bonds. The number of nitrogens with zero attached hydrogens (tertiary/aromatic N) is 3. The fourth-order valence-corrected chi connectivity index (χ4v) is 2.29. The van der Waals surface area contributed by atoms with Crippen LogP contribution in [0.2, 0.25) is 0 Å². The zero-order valence-corrected chi connectivity index (χ0v) is 11.7. The minimum Gasteiger partial charge on any atom is -0.507 e. The van der Waals surface area contributed by atoms with Gasteiger partial charge in [0, 0.05) is 39.5 Å². The van der Waals surface area contributed by atoms with Crippen molar-refractivity contribution in [1.82, 2.24) is 14.7 Å². The molecule has 0 spiro atoms. The molecule has 7 nitrogen and oxygen atoms in total. The van der Waals surface area contributed by atoms with Crippen molar-refractivity contribution in [3.05, 3.63) is 23.1 Å². The van der Waals surface area contributed by atoms with Crippen LogP contribution in [0.3, 0.4) is 0 Å². The molecule has 2 aliphatic rings. The molecule has 1 N–H and O–H groups in total. The van der Waals surface area contributed by atoms with E-state index in [0.29, 0.717) is 0 Å². The first-order chi connectivity index (χ1) is 9.34. The van der Waals surface area contributed by atoms with Gasteiger partial charge in [-0.05, 0) is 12.8 Å². The summed E-state index contributed by atoms with van der Waals surface area (Å²) in [6.07, 6.45) is 3.17. The van der Waals surface area contributed by atoms with E-state index in [-0.39, 0.29) is 5.57 Å². The second-order valence-corrected chi connectivity index (χ2v) is 4.93. The minimum atomic E-state index is -0.784. The molecule has 2 saturated heterocycles. The largest absolute Gasteiger partial charge is 0.507 e. The van der Waals surface area contributed by atoms with Gasteiger partial charge < -0.3 is 10.0 Å². The Kier molecular flexibility index (Phi) is 3.52. The van der Waals surface area contributed by atoms with Gasteiger partial charge in [-0.2, -0.15) is 0 Å². The second kappa shape index (κ2) is 4.99. The first-order valence-corrected chi connectivity index (χ1v) is 6.29. The lowest BCUT2D eigenvalue weighted by Gasteiger charge is -2.29. The number of carbonyl (C=O) groups excluding carboxylic acids is 3. The van der Waals surface area contributed by atoms with Crippen molar-refractivity contribution >= 4 is 17.8 Å². The molecule has 0 unspecified atom stereocenters. The molecule has 0 aliphatic carbocycles. The van der Waals surface area contributed by atoms with Crippen LogP contribution in [0.25, 0.3) is 0 Å². The maximum atomic E-state index is 12.0. The van der Waals surface area contributed by atoms with Crippen LogP contribution in [0.15, 0.2) is 23.1 Å². The quantitative estimate of drug-likeness (QED) is 0.428. The Morgan fingerprint density at radius 3 is 2.10 bits per heavy atom. The number of carbonyl (C=O) groups is 3. The number of likely N-dealkylation sites (N-methyl/N-ethyl adjacent to an activating group) is 2. The van der Waals surface area contributed by atoms with Gasteiger partial charge in [0.1, 0.15) is 11.3 Å². The van der Waals surface area contributed by atoms with Crippen molar-refractivity contribution < 1.29 is 19.5 Å². The molecule has 0 aromatic carbocycles. The smallest absolute Gasteiger partial charge is 0.333 e. The number of aliphatic hydroxyl groups is 1. The van der Waals surface area contributed by atoms with Crippen LogP contribution in [-0.2, 0) is 9.59 Å². The highest BCUT2D eigenvalue weighted by molar-refractivity contribution is 6.28. The molecule has 0 aromatic rings. The van der Waals surface area contributed by atoms with E-state index in [2.05, 4.69) is 0 Å². The molecular formula is C13H17N3O4. The van der Waals surface area contributed by atoms with Crippen LogP contribution in [0.1, 0.15) is 12.8 Å². The van der Waals surface area contributed by atoms with E-state index in [9.17, 15) is 19.5 Å². The normalized spacial score (nSPS) is 22.4. The van der Waals surface area contributed by atoms with Crippen molar-refractivity contribution in [2.45, 2.75) is 12.8 Å². The fourth-order valence-electron chi connectivity index (χ4n) is 2.29. The summed E-state index contributed by atoms with van der Waals surface area (Å²) in [6, 6.07) is -0.706. The number of hydrogen-bond acceptors (Lipinski definition) is 5. The van der Waals surface area contributed by atoms with Crippen LogP contribution in [0.4, 0.5) is 4.79 Å². The topological polar surface area (TPSA) is 81.2 Å². The van der Waals surface area contributed by atoms with Gasteiger partial charge in [0.15, 0.2) is 0 Å². The SMILES string of the molecule is CN1C(=O)C(=C(O)/C=C2\CCCN2C)C(=O)N(C)C1=O. The number of hydrogen-bond donors (Lipinski definition) is 1. The Hall–Kier alpha value is -2.31. The molecule has 0 radical (unpaired) electrons. The molecule has 2 fully saturated rings. The van der Waals surface area contributed by atoms with Crippen molar-refractivity contribution in [2.24, 2.45) is 0 Å². The van der Waals surface area contributed by atoms with Gasteiger partial charge in [0.25, 0.3) is 11.8 Å². The number of allylic oxidation sites excluding steroid dienone is 2. The summed E-state index contributed by atoms with van der Waals surface area (Å²) < 4.78 is 0. The van der Waals surface area contributed by atoms with E-state index >= 15 is 0 Å². The number of likely N-dealkylation sites (tertiary alicyclic amines) is 1. The lowest BCUT2D eigenvalue weighted by atomic mass is 10.1. The third kappa shape index (κ3) is 2.15. The molecule has 108 valence electrons. The molecule has 0 aromatic heterocycles. The van der Waals surface area contributed by atoms with Gasteiger partial charge in [-0.15, -0.1) is 0 Å². The summed E-state index contributed by atoms with van der Waals surface area (Å²) in [5, 5.41) is 10.1. The first kappa shape index (κ1) is 14.1. The summed E-state index contributed by atoms with van der Waals surface area (Å²) in [6.45, 7) is 0.870. The van der Waals surface area contributed by atoms with Crippen LogP contribution in [0, 0.1) is 0 Å². The summed E-state index contributed by atoms with van der Waals surface area (Å²) in [7, 11) is 4.43. The van der Waals surface area contributed by atoms with E-state index < -0.39 is 23.6 Å².